The molecule has 2 aromatic rings. The molecule has 0 bridgehead atoms. The summed E-state index contributed by atoms with van der Waals surface area (Å²) in [6.07, 6.45) is 0.794. The Morgan fingerprint density at radius 3 is 2.50 bits per heavy atom. The molecule has 182 valence electrons. The molecule has 1 spiro atoms. The predicted octanol–water partition coefficient (Wildman–Crippen LogP) is 4.75. The van der Waals surface area contributed by atoms with Crippen LogP contribution >= 0.6 is 0 Å². The highest BCUT2D eigenvalue weighted by Gasteiger charge is 2.52. The van der Waals surface area contributed by atoms with Crippen LogP contribution < -0.4 is 9.47 Å². The van der Waals surface area contributed by atoms with Gasteiger partial charge in [-0.25, -0.2) is 0 Å². The van der Waals surface area contributed by atoms with Crippen molar-refractivity contribution in [3.63, 3.8) is 0 Å². The van der Waals surface area contributed by atoms with E-state index in [1.165, 1.54) is 6.07 Å². The van der Waals surface area contributed by atoms with E-state index in [1.54, 1.807) is 12.1 Å². The molecule has 5 rings (SSSR count). The Hall–Kier alpha value is -2.76. The van der Waals surface area contributed by atoms with E-state index in [9.17, 15) is 21.6 Å². The van der Waals surface area contributed by atoms with E-state index in [4.69, 9.17) is 18.9 Å². The number of rotatable bonds is 5. The second-order valence-electron chi connectivity index (χ2n) is 8.24. The Morgan fingerprint density at radius 2 is 1.79 bits per heavy atom. The molecule has 2 heterocycles. The quantitative estimate of drug-likeness (QED) is 0.435. The summed E-state index contributed by atoms with van der Waals surface area (Å²) in [6.45, 7) is 1.13. The van der Waals surface area contributed by atoms with Crippen molar-refractivity contribution < 1.29 is 44.7 Å². The third-order valence-corrected chi connectivity index (χ3v) is 7.00. The van der Waals surface area contributed by atoms with Crippen molar-refractivity contribution in [2.75, 3.05) is 13.2 Å². The van der Waals surface area contributed by atoms with Crippen LogP contribution in [0.4, 0.5) is 13.2 Å². The zero-order valence-corrected chi connectivity index (χ0v) is 18.7. The van der Waals surface area contributed by atoms with E-state index in [2.05, 4.69) is 4.18 Å². The van der Waals surface area contributed by atoms with E-state index >= 15 is 0 Å². The van der Waals surface area contributed by atoms with Crippen molar-refractivity contribution in [1.29, 1.82) is 0 Å². The maximum Gasteiger partial charge on any atom is 0.534 e. The summed E-state index contributed by atoms with van der Waals surface area (Å²) in [5, 5.41) is 0. The number of allylic oxidation sites excluding steroid dienone is 1. The molecule has 7 nitrogen and oxygen atoms in total. The Labute approximate surface area is 194 Å². The van der Waals surface area contributed by atoms with Gasteiger partial charge in [-0.3, -0.25) is 0 Å². The first kappa shape index (κ1) is 23.0. The van der Waals surface area contributed by atoms with Crippen LogP contribution in [-0.4, -0.2) is 32.9 Å². The Bertz CT molecular complexity index is 1200. The monoisotopic (exact) mass is 498 g/mol. The lowest BCUT2D eigenvalue weighted by atomic mass is 9.75. The van der Waals surface area contributed by atoms with Gasteiger partial charge in [0.25, 0.3) is 0 Å². The maximum absolute atomic E-state index is 13.0. The van der Waals surface area contributed by atoms with Gasteiger partial charge in [-0.05, 0) is 30.2 Å². The van der Waals surface area contributed by atoms with Crippen LogP contribution in [0.3, 0.4) is 0 Å². The summed E-state index contributed by atoms with van der Waals surface area (Å²) in [5.74, 6) is -1.37. The van der Waals surface area contributed by atoms with Gasteiger partial charge in [0.15, 0.2) is 5.79 Å². The van der Waals surface area contributed by atoms with Crippen LogP contribution in [0.25, 0.3) is 0 Å². The number of hydrogen-bond donors (Lipinski definition) is 0. The van der Waals surface area contributed by atoms with Crippen molar-refractivity contribution in [3.05, 3.63) is 71.2 Å². The number of alkyl halides is 3. The first-order valence-electron chi connectivity index (χ1n) is 10.7. The summed E-state index contributed by atoms with van der Waals surface area (Å²) >= 11 is 0. The molecule has 2 fully saturated rings. The van der Waals surface area contributed by atoms with Gasteiger partial charge in [-0.1, -0.05) is 30.3 Å². The standard InChI is InChI=1S/C23H21F3O7S/c24-23(25,26)34(27,28)33-21-17-8-9-22(30-10-11-31-22)13-19(17)18-12-16(6-7-20(18)32-21)29-14-15-4-2-1-3-5-15/h1-7,12,19H,8-11,13-14H2/t19-/m0/s1. The van der Waals surface area contributed by atoms with Crippen molar-refractivity contribution in [2.45, 2.75) is 43.1 Å². The molecule has 34 heavy (non-hydrogen) atoms. The lowest BCUT2D eigenvalue weighted by Gasteiger charge is -2.40. The van der Waals surface area contributed by atoms with Gasteiger partial charge in [0.2, 0.25) is 0 Å². The minimum atomic E-state index is -5.90. The van der Waals surface area contributed by atoms with Gasteiger partial charge in [0.05, 0.1) is 13.2 Å². The molecule has 0 radical (unpaired) electrons. The fourth-order valence-electron chi connectivity index (χ4n) is 4.44. The van der Waals surface area contributed by atoms with Gasteiger partial charge < -0.3 is 23.1 Å². The number of halogens is 3. The first-order valence-corrected chi connectivity index (χ1v) is 12.1. The third-order valence-electron chi connectivity index (χ3n) is 6.06. The molecule has 1 atom stereocenters. The molecule has 0 amide bonds. The summed E-state index contributed by atoms with van der Waals surface area (Å²) in [4.78, 5) is 0. The molecule has 1 saturated carbocycles. The second-order valence-corrected chi connectivity index (χ2v) is 9.77. The van der Waals surface area contributed by atoms with Gasteiger partial charge >= 0.3 is 21.6 Å². The molecule has 1 aliphatic carbocycles. The zero-order chi connectivity index (χ0) is 24.0. The van der Waals surface area contributed by atoms with E-state index in [1.807, 2.05) is 30.3 Å². The minimum absolute atomic E-state index is 0.182. The maximum atomic E-state index is 13.0. The summed E-state index contributed by atoms with van der Waals surface area (Å²) in [5.41, 5.74) is -3.67. The summed E-state index contributed by atoms with van der Waals surface area (Å²) < 4.78 is 89.9. The molecule has 2 aliphatic heterocycles. The van der Waals surface area contributed by atoms with E-state index in [0.717, 1.165) is 5.56 Å². The largest absolute Gasteiger partial charge is 0.534 e. The highest BCUT2D eigenvalue weighted by molar-refractivity contribution is 7.87. The van der Waals surface area contributed by atoms with Crippen LogP contribution in [0.15, 0.2) is 60.0 Å². The number of fused-ring (bicyclic) bond motifs is 3. The third kappa shape index (κ3) is 4.35. The molecule has 11 heteroatoms. The van der Waals surface area contributed by atoms with Crippen molar-refractivity contribution in [2.24, 2.45) is 0 Å². The predicted molar refractivity (Wildman–Crippen MR) is 112 cm³/mol. The van der Waals surface area contributed by atoms with Crippen LogP contribution in [0, 0.1) is 0 Å². The molecular formula is C23H21F3O7S. The van der Waals surface area contributed by atoms with Gasteiger partial charge in [-0.15, -0.1) is 0 Å². The van der Waals surface area contributed by atoms with Crippen LogP contribution in [0.5, 0.6) is 11.5 Å². The van der Waals surface area contributed by atoms with Crippen molar-refractivity contribution in [1.82, 2.24) is 0 Å². The molecule has 0 unspecified atom stereocenters. The molecule has 3 aliphatic rings. The second kappa shape index (κ2) is 8.47. The highest BCUT2D eigenvalue weighted by atomic mass is 32.2. The van der Waals surface area contributed by atoms with Gasteiger partial charge in [0, 0.05) is 29.9 Å². The Morgan fingerprint density at radius 1 is 1.06 bits per heavy atom. The van der Waals surface area contributed by atoms with E-state index < -0.39 is 33.3 Å². The number of ether oxygens (including phenoxy) is 4. The van der Waals surface area contributed by atoms with Gasteiger partial charge in [-0.2, -0.15) is 21.6 Å². The fourth-order valence-corrected chi connectivity index (χ4v) is 4.88. The smallest absolute Gasteiger partial charge is 0.489 e. The van der Waals surface area contributed by atoms with Crippen molar-refractivity contribution >= 4 is 10.1 Å². The molecular weight excluding hydrogens is 477 g/mol. The normalized spacial score (nSPS) is 21.6. The summed E-state index contributed by atoms with van der Waals surface area (Å²) in [6, 6.07) is 14.4. The average molecular weight is 498 g/mol. The van der Waals surface area contributed by atoms with Crippen LogP contribution in [0.2, 0.25) is 0 Å². The van der Waals surface area contributed by atoms with Crippen LogP contribution in [-0.2, 0) is 30.4 Å². The molecule has 1 saturated heterocycles. The number of benzene rings is 2. The SMILES string of the molecule is O=S(=O)(OC1=C2CCC3(C[C@@H]2c2cc(OCc4ccccc4)ccc2O1)OCCO3)C(F)(F)F. The Kier molecular flexibility index (Phi) is 5.73. The summed E-state index contributed by atoms with van der Waals surface area (Å²) in [7, 11) is -5.90. The lowest BCUT2D eigenvalue weighted by Crippen LogP contribution is -2.39. The fraction of sp³-hybridized carbons (Fsp3) is 0.391. The molecule has 0 N–H and O–H groups in total. The topological polar surface area (TPSA) is 80.3 Å². The van der Waals surface area contributed by atoms with Crippen LogP contribution in [0.1, 0.15) is 36.3 Å². The zero-order valence-electron chi connectivity index (χ0n) is 17.8. The van der Waals surface area contributed by atoms with Gasteiger partial charge in [0.1, 0.15) is 18.1 Å². The first-order chi connectivity index (χ1) is 16.2. The minimum Gasteiger partial charge on any atom is -0.489 e. The molecule has 2 aromatic carbocycles. The lowest BCUT2D eigenvalue weighted by molar-refractivity contribution is -0.175. The highest BCUT2D eigenvalue weighted by Crippen LogP contribution is 2.53. The number of hydrogen-bond acceptors (Lipinski definition) is 7. The Balaban J connectivity index is 1.47. The van der Waals surface area contributed by atoms with E-state index in [-0.39, 0.29) is 18.6 Å². The van der Waals surface area contributed by atoms with E-state index in [0.29, 0.717) is 43.1 Å². The van der Waals surface area contributed by atoms with Crippen molar-refractivity contribution in [3.8, 4) is 11.5 Å². The average Bonchev–Trinajstić information content (AvgIpc) is 3.25. The molecule has 0 aromatic heterocycles.